The van der Waals surface area contributed by atoms with E-state index in [2.05, 4.69) is 9.46 Å². The molecule has 7 nitrogen and oxygen atoms in total. The maximum Gasteiger partial charge on any atom is 0.306 e. The van der Waals surface area contributed by atoms with Crippen molar-refractivity contribution in [2.24, 2.45) is 0 Å². The molecule has 108 valence electrons. The first-order valence-corrected chi connectivity index (χ1v) is 7.22. The molecule has 0 spiro atoms. The van der Waals surface area contributed by atoms with Gasteiger partial charge in [0.15, 0.2) is 0 Å². The number of esters is 1. The fraction of sp³-hybridized carbons (Fsp3) is 0.900. The predicted molar refractivity (Wildman–Crippen MR) is 67.1 cm³/mol. The molecule has 0 amide bonds. The summed E-state index contributed by atoms with van der Waals surface area (Å²) < 4.78 is 31.7. The third kappa shape index (κ3) is 6.29. The number of carbonyl (C=O) groups is 1. The summed E-state index contributed by atoms with van der Waals surface area (Å²) in [7, 11) is -0.994. The highest BCUT2D eigenvalue weighted by Crippen LogP contribution is 2.03. The van der Waals surface area contributed by atoms with Gasteiger partial charge in [0, 0.05) is 26.2 Å². The van der Waals surface area contributed by atoms with Crippen LogP contribution in [0.5, 0.6) is 0 Å². The minimum Gasteiger partial charge on any atom is -0.469 e. The number of ether oxygens (including phenoxy) is 1. The van der Waals surface area contributed by atoms with Gasteiger partial charge in [0.2, 0.25) is 0 Å². The van der Waals surface area contributed by atoms with Crippen molar-refractivity contribution in [1.82, 2.24) is 9.03 Å². The van der Waals surface area contributed by atoms with E-state index < -0.39 is 16.2 Å². The Balaban J connectivity index is 4.38. The second kappa shape index (κ2) is 8.41. The van der Waals surface area contributed by atoms with Crippen LogP contribution in [0.25, 0.3) is 0 Å². The summed E-state index contributed by atoms with van der Waals surface area (Å²) >= 11 is 0. The molecule has 0 saturated carbocycles. The third-order valence-electron chi connectivity index (χ3n) is 2.55. The van der Waals surface area contributed by atoms with E-state index in [9.17, 15) is 13.2 Å². The lowest BCUT2D eigenvalue weighted by Gasteiger charge is -2.21. The lowest BCUT2D eigenvalue weighted by atomic mass is 10.2. The molecule has 1 atom stereocenters. The highest BCUT2D eigenvalue weighted by molar-refractivity contribution is 7.87. The average molecular weight is 282 g/mol. The van der Waals surface area contributed by atoms with Gasteiger partial charge in [-0.3, -0.25) is 4.79 Å². The minimum absolute atomic E-state index is 0.00466. The van der Waals surface area contributed by atoms with Gasteiger partial charge < -0.3 is 9.84 Å². The third-order valence-corrected chi connectivity index (χ3v) is 4.19. The molecule has 0 aromatic heterocycles. The van der Waals surface area contributed by atoms with Crippen LogP contribution in [-0.2, 0) is 19.7 Å². The van der Waals surface area contributed by atoms with Gasteiger partial charge in [-0.25, -0.2) is 0 Å². The van der Waals surface area contributed by atoms with Crippen molar-refractivity contribution < 1.29 is 23.1 Å². The quantitative estimate of drug-likeness (QED) is 0.555. The summed E-state index contributed by atoms with van der Waals surface area (Å²) in [6, 6.07) is -0.305. The van der Waals surface area contributed by atoms with E-state index in [0.29, 0.717) is 12.8 Å². The Morgan fingerprint density at radius 2 is 2.11 bits per heavy atom. The smallest absolute Gasteiger partial charge is 0.306 e. The number of hydrogen-bond donors (Lipinski definition) is 2. The van der Waals surface area contributed by atoms with E-state index in [0.717, 1.165) is 4.31 Å². The fourth-order valence-electron chi connectivity index (χ4n) is 1.27. The van der Waals surface area contributed by atoms with E-state index in [1.165, 1.54) is 14.2 Å². The summed E-state index contributed by atoms with van der Waals surface area (Å²) in [5.74, 6) is -0.459. The van der Waals surface area contributed by atoms with Gasteiger partial charge in [0.1, 0.15) is 0 Å². The number of nitrogens with one attached hydrogen (secondary N) is 1. The van der Waals surface area contributed by atoms with Crippen LogP contribution in [0.3, 0.4) is 0 Å². The van der Waals surface area contributed by atoms with E-state index in [1.807, 2.05) is 6.92 Å². The molecule has 0 aliphatic carbocycles. The Labute approximate surface area is 108 Å². The van der Waals surface area contributed by atoms with Crippen molar-refractivity contribution >= 4 is 16.2 Å². The molecule has 1 unspecified atom stereocenters. The topological polar surface area (TPSA) is 95.9 Å². The highest BCUT2D eigenvalue weighted by atomic mass is 32.2. The molecule has 0 saturated heterocycles. The molecule has 2 N–H and O–H groups in total. The Morgan fingerprint density at radius 3 is 2.56 bits per heavy atom. The zero-order chi connectivity index (χ0) is 14.2. The summed E-state index contributed by atoms with van der Waals surface area (Å²) in [4.78, 5) is 10.9. The number of carbonyl (C=O) groups excluding carboxylic acids is 1. The van der Waals surface area contributed by atoms with Crippen molar-refractivity contribution in [2.45, 2.75) is 32.2 Å². The molecular formula is C10H22N2O5S. The lowest BCUT2D eigenvalue weighted by Crippen LogP contribution is -2.44. The molecule has 0 rings (SSSR count). The monoisotopic (exact) mass is 282 g/mol. The Hall–Kier alpha value is -0.700. The molecule has 0 heterocycles. The van der Waals surface area contributed by atoms with Crippen LogP contribution >= 0.6 is 0 Å². The number of rotatable bonds is 9. The van der Waals surface area contributed by atoms with Gasteiger partial charge in [-0.2, -0.15) is 17.4 Å². The van der Waals surface area contributed by atoms with Crippen LogP contribution in [0.15, 0.2) is 0 Å². The van der Waals surface area contributed by atoms with Crippen LogP contribution in [0.1, 0.15) is 26.2 Å². The second-order valence-corrected chi connectivity index (χ2v) is 5.70. The number of aliphatic hydroxyl groups excluding tert-OH is 1. The van der Waals surface area contributed by atoms with Crippen molar-refractivity contribution in [1.29, 1.82) is 0 Å². The van der Waals surface area contributed by atoms with Crippen LogP contribution in [0.2, 0.25) is 0 Å². The zero-order valence-electron chi connectivity index (χ0n) is 11.0. The molecule has 18 heavy (non-hydrogen) atoms. The van der Waals surface area contributed by atoms with Crippen molar-refractivity contribution in [3.05, 3.63) is 0 Å². The number of methoxy groups -OCH3 is 1. The molecule has 0 aromatic rings. The maximum atomic E-state index is 11.9. The Bertz CT molecular complexity index is 344. The zero-order valence-corrected chi connectivity index (χ0v) is 11.9. The number of nitrogens with zero attached hydrogens (tertiary/aromatic N) is 1. The van der Waals surface area contributed by atoms with Crippen LogP contribution in [0.4, 0.5) is 0 Å². The van der Waals surface area contributed by atoms with Gasteiger partial charge >= 0.3 is 5.97 Å². The van der Waals surface area contributed by atoms with Crippen LogP contribution in [-0.4, -0.2) is 57.1 Å². The van der Waals surface area contributed by atoms with Gasteiger partial charge in [-0.05, 0) is 12.8 Å². The largest absolute Gasteiger partial charge is 0.469 e. The van der Waals surface area contributed by atoms with Gasteiger partial charge in [0.05, 0.1) is 13.5 Å². The summed E-state index contributed by atoms with van der Waals surface area (Å²) in [5, 5.41) is 8.80. The van der Waals surface area contributed by atoms with Crippen molar-refractivity contribution in [3.8, 4) is 0 Å². The Morgan fingerprint density at radius 1 is 1.50 bits per heavy atom. The molecule has 0 aliphatic heterocycles. The molecule has 0 aliphatic rings. The molecule has 0 aromatic carbocycles. The normalized spacial score (nSPS) is 13.6. The summed E-state index contributed by atoms with van der Waals surface area (Å²) in [5.41, 5.74) is 0. The molecule has 8 heteroatoms. The van der Waals surface area contributed by atoms with E-state index in [-0.39, 0.29) is 25.6 Å². The first kappa shape index (κ1) is 17.3. The predicted octanol–water partition coefficient (Wildman–Crippen LogP) is -0.523. The van der Waals surface area contributed by atoms with E-state index in [4.69, 9.17) is 5.11 Å². The number of hydrogen-bond acceptors (Lipinski definition) is 5. The molecular weight excluding hydrogens is 260 g/mol. The summed E-state index contributed by atoms with van der Waals surface area (Å²) in [6.07, 6.45) is 0.954. The van der Waals surface area contributed by atoms with Gasteiger partial charge in [-0.15, -0.1) is 0 Å². The summed E-state index contributed by atoms with van der Waals surface area (Å²) in [6.45, 7) is 1.81. The Kier molecular flexibility index (Phi) is 8.08. The molecule has 0 bridgehead atoms. The maximum absolute atomic E-state index is 11.9. The number of aliphatic hydroxyl groups is 1. The highest BCUT2D eigenvalue weighted by Gasteiger charge is 2.21. The minimum atomic E-state index is -3.63. The van der Waals surface area contributed by atoms with E-state index in [1.54, 1.807) is 0 Å². The van der Waals surface area contributed by atoms with Crippen LogP contribution < -0.4 is 4.72 Å². The fourth-order valence-corrected chi connectivity index (χ4v) is 2.49. The molecule has 0 radical (unpaired) electrons. The first-order chi connectivity index (χ1) is 8.37. The van der Waals surface area contributed by atoms with E-state index >= 15 is 0 Å². The first-order valence-electron chi connectivity index (χ1n) is 5.78. The van der Waals surface area contributed by atoms with Gasteiger partial charge in [0.25, 0.3) is 10.2 Å². The lowest BCUT2D eigenvalue weighted by molar-refractivity contribution is -0.140. The molecule has 0 fully saturated rings. The SMILES string of the molecule is CCC(CCO)NS(=O)(=O)N(C)CCC(=O)OC. The van der Waals surface area contributed by atoms with Crippen molar-refractivity contribution in [2.75, 3.05) is 27.3 Å². The second-order valence-electron chi connectivity index (χ2n) is 3.89. The standard InChI is InChI=1S/C10H22N2O5S/c1-4-9(6-8-13)11-18(15,16)12(2)7-5-10(14)17-3/h9,11,13H,4-8H2,1-3H3. The average Bonchev–Trinajstić information content (AvgIpc) is 2.34. The van der Waals surface area contributed by atoms with Crippen molar-refractivity contribution in [3.63, 3.8) is 0 Å². The van der Waals surface area contributed by atoms with Gasteiger partial charge in [-0.1, -0.05) is 6.92 Å². The van der Waals surface area contributed by atoms with Crippen LogP contribution in [0, 0.1) is 0 Å².